The zero-order valence-corrected chi connectivity index (χ0v) is 11.7. The van der Waals surface area contributed by atoms with E-state index in [2.05, 4.69) is 56.9 Å². The van der Waals surface area contributed by atoms with Crippen molar-refractivity contribution in [3.8, 4) is 0 Å². The summed E-state index contributed by atoms with van der Waals surface area (Å²) in [7, 11) is 0. The molecule has 0 atom stereocenters. The van der Waals surface area contributed by atoms with Crippen LogP contribution in [0.1, 0.15) is 33.3 Å². The number of hydrogen-bond donors (Lipinski definition) is 0. The SMILES string of the molecule is C=NN(/C=C\C=C/C)c1ccc(C(C)(C)C)cc1. The van der Waals surface area contributed by atoms with Crippen molar-refractivity contribution in [3.63, 3.8) is 0 Å². The van der Waals surface area contributed by atoms with Crippen LogP contribution in [0.5, 0.6) is 0 Å². The first-order valence-electron chi connectivity index (χ1n) is 6.15. The lowest BCUT2D eigenvalue weighted by Crippen LogP contribution is -2.12. The molecule has 96 valence electrons. The highest BCUT2D eigenvalue weighted by Gasteiger charge is 2.13. The standard InChI is InChI=1S/C16H22N2/c1-6-7-8-13-18(17-5)15-11-9-14(10-12-15)16(2,3)4/h6-13H,5H2,1-4H3/b7-6-,13-8-. The van der Waals surface area contributed by atoms with Crippen molar-refractivity contribution in [3.05, 3.63) is 54.3 Å². The summed E-state index contributed by atoms with van der Waals surface area (Å²) in [6.45, 7) is 12.2. The highest BCUT2D eigenvalue weighted by atomic mass is 15.4. The summed E-state index contributed by atoms with van der Waals surface area (Å²) in [4.78, 5) is 0. The molecule has 0 radical (unpaired) electrons. The lowest BCUT2D eigenvalue weighted by atomic mass is 9.87. The van der Waals surface area contributed by atoms with E-state index in [9.17, 15) is 0 Å². The number of benzene rings is 1. The van der Waals surface area contributed by atoms with E-state index >= 15 is 0 Å². The van der Waals surface area contributed by atoms with Crippen LogP contribution in [0, 0.1) is 0 Å². The molecular weight excluding hydrogens is 220 g/mol. The number of allylic oxidation sites excluding steroid dienone is 3. The van der Waals surface area contributed by atoms with Crippen LogP contribution in [-0.2, 0) is 5.41 Å². The summed E-state index contributed by atoms with van der Waals surface area (Å²) in [6.07, 6.45) is 7.76. The molecule has 18 heavy (non-hydrogen) atoms. The molecule has 0 aromatic heterocycles. The lowest BCUT2D eigenvalue weighted by molar-refractivity contribution is 0.590. The summed E-state index contributed by atoms with van der Waals surface area (Å²) in [5.74, 6) is 0. The van der Waals surface area contributed by atoms with E-state index < -0.39 is 0 Å². The molecule has 0 bridgehead atoms. The lowest BCUT2D eigenvalue weighted by Gasteiger charge is -2.20. The fraction of sp³-hybridized carbons (Fsp3) is 0.312. The van der Waals surface area contributed by atoms with Gasteiger partial charge in [-0.05, 0) is 36.1 Å². The van der Waals surface area contributed by atoms with Gasteiger partial charge in [-0.1, -0.05) is 45.1 Å². The molecule has 0 saturated carbocycles. The molecule has 1 aromatic rings. The first-order valence-corrected chi connectivity index (χ1v) is 6.15. The van der Waals surface area contributed by atoms with Crippen LogP contribution >= 0.6 is 0 Å². The van der Waals surface area contributed by atoms with Gasteiger partial charge >= 0.3 is 0 Å². The molecule has 2 nitrogen and oxygen atoms in total. The van der Waals surface area contributed by atoms with Gasteiger partial charge in [0.1, 0.15) is 0 Å². The number of nitrogens with zero attached hydrogens (tertiary/aromatic N) is 2. The Hall–Kier alpha value is -1.83. The fourth-order valence-electron chi connectivity index (χ4n) is 1.57. The Morgan fingerprint density at radius 1 is 1.11 bits per heavy atom. The molecular formula is C16H22N2. The molecule has 0 spiro atoms. The first kappa shape index (κ1) is 14.2. The largest absolute Gasteiger partial charge is 0.242 e. The predicted molar refractivity (Wildman–Crippen MR) is 81.1 cm³/mol. The summed E-state index contributed by atoms with van der Waals surface area (Å²) >= 11 is 0. The van der Waals surface area contributed by atoms with Crippen molar-refractivity contribution in [2.75, 3.05) is 5.01 Å². The van der Waals surface area contributed by atoms with Gasteiger partial charge in [-0.2, -0.15) is 5.10 Å². The van der Waals surface area contributed by atoms with Gasteiger partial charge in [-0.15, -0.1) is 0 Å². The molecule has 0 N–H and O–H groups in total. The third-order valence-electron chi connectivity index (χ3n) is 2.68. The third-order valence-corrected chi connectivity index (χ3v) is 2.68. The van der Waals surface area contributed by atoms with Crippen LogP contribution in [-0.4, -0.2) is 6.72 Å². The molecule has 1 aromatic carbocycles. The highest BCUT2D eigenvalue weighted by Crippen LogP contribution is 2.25. The molecule has 2 heteroatoms. The maximum absolute atomic E-state index is 3.98. The Morgan fingerprint density at radius 3 is 2.17 bits per heavy atom. The van der Waals surface area contributed by atoms with E-state index in [0.29, 0.717) is 0 Å². The molecule has 0 unspecified atom stereocenters. The smallest absolute Gasteiger partial charge is 0.0645 e. The number of rotatable bonds is 4. The van der Waals surface area contributed by atoms with Gasteiger partial charge in [-0.25, -0.2) is 5.01 Å². The molecule has 0 amide bonds. The summed E-state index contributed by atoms with van der Waals surface area (Å²) in [6, 6.07) is 8.40. The van der Waals surface area contributed by atoms with Gasteiger partial charge in [0.15, 0.2) is 0 Å². The summed E-state index contributed by atoms with van der Waals surface area (Å²) in [5, 5.41) is 5.74. The topological polar surface area (TPSA) is 15.6 Å². The van der Waals surface area contributed by atoms with Crippen LogP contribution in [0.3, 0.4) is 0 Å². The van der Waals surface area contributed by atoms with E-state index in [1.807, 2.05) is 31.4 Å². The average Bonchev–Trinajstić information content (AvgIpc) is 2.34. The molecule has 0 aliphatic heterocycles. The van der Waals surface area contributed by atoms with E-state index in [4.69, 9.17) is 0 Å². The molecule has 0 aliphatic rings. The van der Waals surface area contributed by atoms with Crippen LogP contribution in [0.25, 0.3) is 0 Å². The van der Waals surface area contributed by atoms with E-state index in [-0.39, 0.29) is 5.41 Å². The third kappa shape index (κ3) is 3.88. The van der Waals surface area contributed by atoms with Gasteiger partial charge in [-0.3, -0.25) is 0 Å². The second-order valence-electron chi connectivity index (χ2n) is 5.15. The van der Waals surface area contributed by atoms with Crippen LogP contribution < -0.4 is 5.01 Å². The van der Waals surface area contributed by atoms with Crippen molar-refractivity contribution >= 4 is 12.4 Å². The van der Waals surface area contributed by atoms with E-state index in [1.165, 1.54) is 5.56 Å². The fourth-order valence-corrected chi connectivity index (χ4v) is 1.57. The van der Waals surface area contributed by atoms with Crippen LogP contribution in [0.2, 0.25) is 0 Å². The van der Waals surface area contributed by atoms with Gasteiger partial charge in [0.05, 0.1) is 5.69 Å². The zero-order valence-electron chi connectivity index (χ0n) is 11.7. The van der Waals surface area contributed by atoms with E-state index in [1.54, 1.807) is 5.01 Å². The Labute approximate surface area is 110 Å². The Bertz CT molecular complexity index is 433. The molecule has 0 heterocycles. The van der Waals surface area contributed by atoms with Crippen molar-refractivity contribution in [1.29, 1.82) is 0 Å². The average molecular weight is 242 g/mol. The van der Waals surface area contributed by atoms with Gasteiger partial charge in [0.25, 0.3) is 0 Å². The van der Waals surface area contributed by atoms with Crippen molar-refractivity contribution in [2.45, 2.75) is 33.1 Å². The predicted octanol–water partition coefficient (Wildman–Crippen LogP) is 4.50. The quantitative estimate of drug-likeness (QED) is 0.431. The van der Waals surface area contributed by atoms with E-state index in [0.717, 1.165) is 5.69 Å². The highest BCUT2D eigenvalue weighted by molar-refractivity contribution is 5.52. The molecule has 1 rings (SSSR count). The number of hydrazone groups is 1. The van der Waals surface area contributed by atoms with Gasteiger partial charge in [0, 0.05) is 12.9 Å². The Morgan fingerprint density at radius 2 is 1.72 bits per heavy atom. The minimum absolute atomic E-state index is 0.172. The minimum atomic E-state index is 0.172. The molecule has 0 fully saturated rings. The second-order valence-corrected chi connectivity index (χ2v) is 5.15. The van der Waals surface area contributed by atoms with Gasteiger partial charge < -0.3 is 0 Å². The number of hydrogen-bond acceptors (Lipinski definition) is 2. The van der Waals surface area contributed by atoms with Gasteiger partial charge in [0.2, 0.25) is 0 Å². The van der Waals surface area contributed by atoms with Crippen LogP contribution in [0.4, 0.5) is 5.69 Å². The first-order chi connectivity index (χ1) is 8.49. The molecule has 0 aliphatic carbocycles. The maximum Gasteiger partial charge on any atom is 0.0645 e. The van der Waals surface area contributed by atoms with Crippen molar-refractivity contribution < 1.29 is 0 Å². The normalized spacial score (nSPS) is 12.2. The monoisotopic (exact) mass is 242 g/mol. The summed E-state index contributed by atoms with van der Waals surface area (Å²) in [5.41, 5.74) is 2.50. The second kappa shape index (κ2) is 6.20. The maximum atomic E-state index is 3.98. The summed E-state index contributed by atoms with van der Waals surface area (Å²) < 4.78 is 0. The minimum Gasteiger partial charge on any atom is -0.242 e. The Balaban J connectivity index is 2.92. The zero-order chi connectivity index (χ0) is 13.6. The van der Waals surface area contributed by atoms with Crippen molar-refractivity contribution in [1.82, 2.24) is 0 Å². The number of anilines is 1. The van der Waals surface area contributed by atoms with Crippen molar-refractivity contribution in [2.24, 2.45) is 5.10 Å². The van der Waals surface area contributed by atoms with Crippen LogP contribution in [0.15, 0.2) is 53.8 Å². The Kier molecular flexibility index (Phi) is 4.90. The molecule has 0 saturated heterocycles.